The lowest BCUT2D eigenvalue weighted by molar-refractivity contribution is 0.0996. The Morgan fingerprint density at radius 1 is 0.935 bits per heavy atom. The molecule has 4 aromatic rings. The highest BCUT2D eigenvalue weighted by Gasteiger charge is 2.18. The first-order valence-electron chi connectivity index (χ1n) is 9.79. The zero-order valence-electron chi connectivity index (χ0n) is 16.9. The molecule has 0 unspecified atom stereocenters. The molecule has 0 saturated heterocycles. The number of hydrogen-bond donors (Lipinski definition) is 1. The second kappa shape index (κ2) is 8.98. The maximum absolute atomic E-state index is 13.0. The summed E-state index contributed by atoms with van der Waals surface area (Å²) in [6.07, 6.45) is 3.30. The Bertz CT molecular complexity index is 1250. The van der Waals surface area contributed by atoms with Gasteiger partial charge in [-0.05, 0) is 24.6 Å². The number of aromatic nitrogens is 2. The first-order valence-corrected chi connectivity index (χ1v) is 10.2. The van der Waals surface area contributed by atoms with Crippen LogP contribution >= 0.6 is 11.6 Å². The van der Waals surface area contributed by atoms with E-state index in [1.807, 2.05) is 43.3 Å². The van der Waals surface area contributed by atoms with Crippen LogP contribution in [0.25, 0.3) is 0 Å². The smallest absolute Gasteiger partial charge is 0.256 e. The summed E-state index contributed by atoms with van der Waals surface area (Å²) in [6, 6.07) is 21.6. The van der Waals surface area contributed by atoms with Crippen LogP contribution in [0.2, 0.25) is 5.02 Å². The van der Waals surface area contributed by atoms with E-state index in [0.717, 1.165) is 11.1 Å². The molecule has 0 saturated carbocycles. The fraction of sp³-hybridized carbons (Fsp3) is 0.0800. The van der Waals surface area contributed by atoms with Crippen LogP contribution in [0.3, 0.4) is 0 Å². The molecule has 0 aliphatic rings. The van der Waals surface area contributed by atoms with Gasteiger partial charge in [-0.2, -0.15) is 5.10 Å². The van der Waals surface area contributed by atoms with E-state index in [1.165, 1.54) is 0 Å². The highest BCUT2D eigenvalue weighted by Crippen LogP contribution is 2.19. The van der Waals surface area contributed by atoms with E-state index >= 15 is 0 Å². The third-order valence-electron chi connectivity index (χ3n) is 4.91. The minimum absolute atomic E-state index is 0.194. The number of nitrogens with one attached hydrogen (secondary N) is 1. The van der Waals surface area contributed by atoms with Gasteiger partial charge in [-0.1, -0.05) is 77.8 Å². The highest BCUT2D eigenvalue weighted by molar-refractivity contribution is 6.31. The van der Waals surface area contributed by atoms with Gasteiger partial charge >= 0.3 is 0 Å². The van der Waals surface area contributed by atoms with Crippen LogP contribution in [-0.4, -0.2) is 21.5 Å². The summed E-state index contributed by atoms with van der Waals surface area (Å²) < 4.78 is 1.69. The molecule has 0 bridgehead atoms. The van der Waals surface area contributed by atoms with Crippen molar-refractivity contribution >= 4 is 29.0 Å². The van der Waals surface area contributed by atoms with Crippen molar-refractivity contribution in [1.29, 1.82) is 0 Å². The first-order chi connectivity index (χ1) is 15.0. The van der Waals surface area contributed by atoms with Crippen molar-refractivity contribution in [3.05, 3.63) is 118 Å². The summed E-state index contributed by atoms with van der Waals surface area (Å²) in [5.41, 5.74) is 3.74. The van der Waals surface area contributed by atoms with Gasteiger partial charge in [-0.25, -0.2) is 0 Å². The Kier molecular flexibility index (Phi) is 5.96. The van der Waals surface area contributed by atoms with E-state index in [2.05, 4.69) is 10.4 Å². The third kappa shape index (κ3) is 4.73. The van der Waals surface area contributed by atoms with Crippen molar-refractivity contribution < 1.29 is 9.59 Å². The Morgan fingerprint density at radius 2 is 1.61 bits per heavy atom. The number of amides is 1. The molecule has 31 heavy (non-hydrogen) atoms. The lowest BCUT2D eigenvalue weighted by Crippen LogP contribution is -2.16. The summed E-state index contributed by atoms with van der Waals surface area (Å²) in [5, 5.41) is 7.78. The van der Waals surface area contributed by atoms with E-state index in [4.69, 9.17) is 11.6 Å². The molecule has 1 amide bonds. The van der Waals surface area contributed by atoms with Crippen molar-refractivity contribution in [2.24, 2.45) is 0 Å². The number of ketones is 1. The largest absolute Gasteiger partial charge is 0.319 e. The zero-order chi connectivity index (χ0) is 21.8. The molecular formula is C25H20ClN3O2. The van der Waals surface area contributed by atoms with Crippen molar-refractivity contribution in [2.75, 3.05) is 5.32 Å². The standard InChI is InChI=1S/C25H20ClN3O2/c1-17-10-12-18(13-11-17)24(30)21-7-3-4-8-22(21)25(31)28-20-14-27-29(16-20)15-19-6-2-5-9-23(19)26/h2-14,16H,15H2,1H3,(H,28,31). The van der Waals surface area contributed by atoms with Crippen LogP contribution < -0.4 is 5.32 Å². The normalized spacial score (nSPS) is 10.6. The fourth-order valence-corrected chi connectivity index (χ4v) is 3.45. The van der Waals surface area contributed by atoms with Crippen molar-refractivity contribution in [3.63, 3.8) is 0 Å². The van der Waals surface area contributed by atoms with Gasteiger partial charge in [-0.15, -0.1) is 0 Å². The summed E-state index contributed by atoms with van der Waals surface area (Å²) >= 11 is 6.21. The number of benzene rings is 3. The average molecular weight is 430 g/mol. The van der Waals surface area contributed by atoms with Gasteiger partial charge in [0.25, 0.3) is 5.91 Å². The summed E-state index contributed by atoms with van der Waals surface area (Å²) in [5.74, 6) is -0.562. The average Bonchev–Trinajstić information content (AvgIpc) is 3.22. The predicted molar refractivity (Wildman–Crippen MR) is 122 cm³/mol. The molecule has 0 aliphatic heterocycles. The summed E-state index contributed by atoms with van der Waals surface area (Å²) in [7, 11) is 0. The maximum Gasteiger partial charge on any atom is 0.256 e. The Balaban J connectivity index is 1.52. The predicted octanol–water partition coefficient (Wildman–Crippen LogP) is 5.38. The quantitative estimate of drug-likeness (QED) is 0.419. The molecular weight excluding hydrogens is 410 g/mol. The molecule has 1 N–H and O–H groups in total. The van der Waals surface area contributed by atoms with E-state index < -0.39 is 0 Å². The number of halogens is 1. The summed E-state index contributed by atoms with van der Waals surface area (Å²) in [6.45, 7) is 2.44. The molecule has 1 aromatic heterocycles. The topological polar surface area (TPSA) is 64.0 Å². The van der Waals surface area contributed by atoms with Crippen molar-refractivity contribution in [3.8, 4) is 0 Å². The number of aryl methyl sites for hydroxylation is 1. The number of carbonyl (C=O) groups is 2. The Labute approximate surface area is 185 Å². The second-order valence-electron chi connectivity index (χ2n) is 7.21. The molecule has 3 aromatic carbocycles. The molecule has 154 valence electrons. The summed E-state index contributed by atoms with van der Waals surface area (Å²) in [4.78, 5) is 25.9. The third-order valence-corrected chi connectivity index (χ3v) is 5.28. The van der Waals surface area contributed by atoms with Gasteiger partial charge < -0.3 is 5.32 Å². The van der Waals surface area contributed by atoms with Crippen LogP contribution in [0.4, 0.5) is 5.69 Å². The Morgan fingerprint density at radius 3 is 2.35 bits per heavy atom. The van der Waals surface area contributed by atoms with Crippen LogP contribution in [-0.2, 0) is 6.54 Å². The SMILES string of the molecule is Cc1ccc(C(=O)c2ccccc2C(=O)Nc2cnn(Cc3ccccc3Cl)c2)cc1. The minimum atomic E-state index is -0.367. The molecule has 6 heteroatoms. The van der Waals surface area contributed by atoms with Crippen molar-refractivity contribution in [2.45, 2.75) is 13.5 Å². The number of carbonyl (C=O) groups excluding carboxylic acids is 2. The van der Waals surface area contributed by atoms with Crippen molar-refractivity contribution in [1.82, 2.24) is 9.78 Å². The van der Waals surface area contributed by atoms with E-state index in [-0.39, 0.29) is 11.7 Å². The van der Waals surface area contributed by atoms with Crippen LogP contribution in [0.5, 0.6) is 0 Å². The van der Waals surface area contributed by atoms with E-state index in [9.17, 15) is 9.59 Å². The first kappa shape index (κ1) is 20.6. The number of anilines is 1. The molecule has 0 atom stereocenters. The molecule has 1 heterocycles. The van der Waals surface area contributed by atoms with Gasteiger partial charge in [-0.3, -0.25) is 14.3 Å². The van der Waals surface area contributed by atoms with Crippen LogP contribution in [0.15, 0.2) is 85.2 Å². The van der Waals surface area contributed by atoms with E-state index in [1.54, 1.807) is 53.5 Å². The van der Waals surface area contributed by atoms with Gasteiger partial charge in [0.2, 0.25) is 0 Å². The lowest BCUT2D eigenvalue weighted by atomic mass is 9.97. The van der Waals surface area contributed by atoms with Gasteiger partial charge in [0.05, 0.1) is 24.0 Å². The number of rotatable bonds is 6. The highest BCUT2D eigenvalue weighted by atomic mass is 35.5. The second-order valence-corrected chi connectivity index (χ2v) is 7.62. The monoisotopic (exact) mass is 429 g/mol. The van der Waals surface area contributed by atoms with Gasteiger partial charge in [0.1, 0.15) is 0 Å². The number of nitrogens with zero attached hydrogens (tertiary/aromatic N) is 2. The molecule has 0 aliphatic carbocycles. The van der Waals surface area contributed by atoms with Gasteiger partial charge in [0, 0.05) is 22.3 Å². The minimum Gasteiger partial charge on any atom is -0.319 e. The lowest BCUT2D eigenvalue weighted by Gasteiger charge is -2.09. The zero-order valence-corrected chi connectivity index (χ0v) is 17.6. The molecule has 0 spiro atoms. The Hall–Kier alpha value is -3.70. The maximum atomic E-state index is 13.0. The fourth-order valence-electron chi connectivity index (χ4n) is 3.25. The number of hydrogen-bond acceptors (Lipinski definition) is 3. The molecule has 4 rings (SSSR count). The van der Waals surface area contributed by atoms with Crippen LogP contribution in [0.1, 0.15) is 37.4 Å². The van der Waals surface area contributed by atoms with E-state index in [0.29, 0.717) is 33.9 Å². The van der Waals surface area contributed by atoms with Crippen LogP contribution in [0, 0.1) is 6.92 Å². The molecule has 0 radical (unpaired) electrons. The van der Waals surface area contributed by atoms with Gasteiger partial charge in [0.15, 0.2) is 5.78 Å². The molecule has 5 nitrogen and oxygen atoms in total. The molecule has 0 fully saturated rings.